The quantitative estimate of drug-likeness (QED) is 0.191. The Kier molecular flexibility index (Phi) is 13.8. The lowest BCUT2D eigenvalue weighted by atomic mass is 9.62. The van der Waals surface area contributed by atoms with E-state index in [1.807, 2.05) is 26.0 Å². The van der Waals surface area contributed by atoms with Crippen LogP contribution in [-0.2, 0) is 29.8 Å². The lowest BCUT2D eigenvalue weighted by Crippen LogP contribution is -2.53. The molecule has 4 rings (SSSR count). The highest BCUT2D eigenvalue weighted by molar-refractivity contribution is 7.89. The summed E-state index contributed by atoms with van der Waals surface area (Å²) in [5.41, 5.74) is 4.18. The number of ether oxygens (including phenoxy) is 3. The van der Waals surface area contributed by atoms with Crippen molar-refractivity contribution in [1.29, 1.82) is 0 Å². The molecule has 3 atom stereocenters. The first-order valence-electron chi connectivity index (χ1n) is 19.4. The summed E-state index contributed by atoms with van der Waals surface area (Å²) in [4.78, 5) is 25.1. The van der Waals surface area contributed by atoms with Gasteiger partial charge in [0.1, 0.15) is 23.0 Å². The van der Waals surface area contributed by atoms with E-state index in [9.17, 15) is 23.1 Å². The summed E-state index contributed by atoms with van der Waals surface area (Å²) in [6.07, 6.45) is 2.23. The minimum atomic E-state index is -3.95. The lowest BCUT2D eigenvalue weighted by Gasteiger charge is -2.54. The molecule has 1 spiro atoms. The van der Waals surface area contributed by atoms with Crippen LogP contribution < -0.4 is 9.47 Å². The zero-order chi connectivity index (χ0) is 40.3. The number of carbonyl (C=O) groups excluding carboxylic acids is 1. The fourth-order valence-electron chi connectivity index (χ4n) is 7.86. The molecule has 0 unspecified atom stereocenters. The van der Waals surface area contributed by atoms with E-state index in [0.29, 0.717) is 44.1 Å². The van der Waals surface area contributed by atoms with E-state index < -0.39 is 28.7 Å². The zero-order valence-electron chi connectivity index (χ0n) is 34.5. The van der Waals surface area contributed by atoms with E-state index >= 15 is 0 Å². The van der Waals surface area contributed by atoms with Crippen LogP contribution in [0.15, 0.2) is 47.4 Å². The molecule has 0 aromatic heterocycles. The Labute approximate surface area is 324 Å². The number of nitrogens with zero attached hydrogens (tertiary/aromatic N) is 2. The molecule has 0 saturated carbocycles. The van der Waals surface area contributed by atoms with Gasteiger partial charge in [-0.2, -0.15) is 4.31 Å². The van der Waals surface area contributed by atoms with Crippen molar-refractivity contribution >= 4 is 21.9 Å². The summed E-state index contributed by atoms with van der Waals surface area (Å²) >= 11 is 0. The second-order valence-corrected chi connectivity index (χ2v) is 19.3. The van der Waals surface area contributed by atoms with Crippen molar-refractivity contribution < 1.29 is 37.3 Å². The maximum absolute atomic E-state index is 14.6. The summed E-state index contributed by atoms with van der Waals surface area (Å²) in [6.45, 7) is 25.4. The molecule has 2 aliphatic rings. The summed E-state index contributed by atoms with van der Waals surface area (Å²) in [6, 6.07) is 9.49. The van der Waals surface area contributed by atoms with Gasteiger partial charge in [-0.1, -0.05) is 72.8 Å². The summed E-state index contributed by atoms with van der Waals surface area (Å²) in [5, 5.41) is 9.53. The molecule has 54 heavy (non-hydrogen) atoms. The minimum absolute atomic E-state index is 0.0921. The molecule has 1 N–H and O–H groups in total. The van der Waals surface area contributed by atoms with Gasteiger partial charge in [0, 0.05) is 38.5 Å². The molecule has 1 amide bonds. The van der Waals surface area contributed by atoms with Crippen LogP contribution in [0.2, 0.25) is 0 Å². The topological polar surface area (TPSA) is 123 Å². The van der Waals surface area contributed by atoms with Crippen LogP contribution in [0.4, 0.5) is 0 Å². The summed E-state index contributed by atoms with van der Waals surface area (Å²) in [7, 11) is -2.26. The third-order valence-corrected chi connectivity index (χ3v) is 13.3. The number of carboxylic acids is 1. The standard InChI is InChI=1S/C43H64N2O8S/c1-27(2)21-38-43(25-34(29(5)6)41(53-38)40-30(7)22-32(28(3)4)23-36(40)52-26-39(47)48)15-17-45(18-16-43)54(49,50)37-24-33(42(9,10)11)13-14-35(37)51-20-19-44(12)31(8)46/h13-14,22-24,27-28,34,38,41H,5,15-21,25-26H2,1-4,6-12H3,(H,47,48)/t34-,38+,41+/m0/s1. The fraction of sp³-hybridized carbons (Fsp3) is 0.628. The number of rotatable bonds is 14. The van der Waals surface area contributed by atoms with Crippen molar-refractivity contribution in [3.63, 3.8) is 0 Å². The highest BCUT2D eigenvalue weighted by Gasteiger charge is 2.52. The number of carboxylic acid groups (broad SMARTS) is 1. The number of hydrogen-bond donors (Lipinski definition) is 1. The highest BCUT2D eigenvalue weighted by atomic mass is 32.2. The monoisotopic (exact) mass is 768 g/mol. The molecule has 10 nitrogen and oxygen atoms in total. The van der Waals surface area contributed by atoms with Crippen molar-refractivity contribution in [3.8, 4) is 11.5 Å². The van der Waals surface area contributed by atoms with Crippen molar-refractivity contribution in [2.24, 2.45) is 17.3 Å². The molecular weight excluding hydrogens is 705 g/mol. The average Bonchev–Trinajstić information content (AvgIpc) is 3.07. The van der Waals surface area contributed by atoms with Crippen LogP contribution >= 0.6 is 0 Å². The van der Waals surface area contributed by atoms with Gasteiger partial charge in [0.15, 0.2) is 6.61 Å². The maximum atomic E-state index is 14.6. The largest absolute Gasteiger partial charge is 0.490 e. The van der Waals surface area contributed by atoms with Crippen LogP contribution in [0.1, 0.15) is 122 Å². The van der Waals surface area contributed by atoms with Gasteiger partial charge in [-0.15, -0.1) is 0 Å². The van der Waals surface area contributed by atoms with E-state index in [4.69, 9.17) is 14.2 Å². The number of piperidine rings is 1. The Balaban J connectivity index is 1.69. The van der Waals surface area contributed by atoms with Gasteiger partial charge >= 0.3 is 5.97 Å². The first-order valence-corrected chi connectivity index (χ1v) is 20.8. The number of sulfonamides is 1. The van der Waals surface area contributed by atoms with Crippen molar-refractivity contribution in [3.05, 3.63) is 64.7 Å². The predicted molar refractivity (Wildman–Crippen MR) is 213 cm³/mol. The third kappa shape index (κ3) is 9.87. The van der Waals surface area contributed by atoms with Crippen LogP contribution in [0.3, 0.4) is 0 Å². The highest BCUT2D eigenvalue weighted by Crippen LogP contribution is 2.56. The molecule has 0 aliphatic carbocycles. The van der Waals surface area contributed by atoms with Gasteiger partial charge in [-0.3, -0.25) is 4.79 Å². The van der Waals surface area contributed by atoms with E-state index in [1.54, 1.807) is 23.5 Å². The van der Waals surface area contributed by atoms with Crippen LogP contribution in [-0.4, -0.2) is 80.6 Å². The number of amides is 1. The molecule has 300 valence electrons. The van der Waals surface area contributed by atoms with Crippen LogP contribution in [0.25, 0.3) is 0 Å². The molecule has 2 aromatic rings. The molecule has 2 saturated heterocycles. The van der Waals surface area contributed by atoms with Gasteiger partial charge < -0.3 is 24.2 Å². The van der Waals surface area contributed by atoms with Crippen molar-refractivity contribution in [2.75, 3.05) is 39.9 Å². The Morgan fingerprint density at radius 2 is 1.70 bits per heavy atom. The maximum Gasteiger partial charge on any atom is 0.341 e. The van der Waals surface area contributed by atoms with Crippen molar-refractivity contribution in [2.45, 2.75) is 123 Å². The molecule has 2 aromatic carbocycles. The molecule has 0 radical (unpaired) electrons. The first-order chi connectivity index (χ1) is 25.1. The minimum Gasteiger partial charge on any atom is -0.490 e. The summed E-state index contributed by atoms with van der Waals surface area (Å²) < 4.78 is 50.0. The molecule has 2 aliphatic heterocycles. The van der Waals surface area contributed by atoms with E-state index in [1.165, 1.54) is 11.8 Å². The first kappa shape index (κ1) is 43.3. The molecule has 2 heterocycles. The molecular formula is C43H64N2O8S. The second kappa shape index (κ2) is 17.2. The number of aryl methyl sites for hydroxylation is 1. The SMILES string of the molecule is C=C(C)[C@@H]1CC2(CCN(S(=O)(=O)c3cc(C(C)(C)C)ccc3OCCN(C)C(C)=O)CC2)[C@@H](CC(C)C)O[C@H]1c1c(C)cc(C(C)C)cc1OCC(=O)O. The normalized spacial score (nSPS) is 20.6. The Hall–Kier alpha value is -3.41. The number of likely N-dealkylation sites (N-methyl/N-ethyl adjacent to an activating group) is 1. The number of aliphatic carboxylic acids is 1. The number of carbonyl (C=O) groups is 2. The van der Waals surface area contributed by atoms with Gasteiger partial charge in [0.05, 0.1) is 18.8 Å². The van der Waals surface area contributed by atoms with E-state index in [-0.39, 0.29) is 51.9 Å². The Morgan fingerprint density at radius 3 is 2.24 bits per heavy atom. The zero-order valence-corrected chi connectivity index (χ0v) is 35.3. The van der Waals surface area contributed by atoms with E-state index in [0.717, 1.165) is 40.7 Å². The smallest absolute Gasteiger partial charge is 0.341 e. The van der Waals surface area contributed by atoms with Crippen LogP contribution in [0, 0.1) is 24.2 Å². The van der Waals surface area contributed by atoms with Crippen molar-refractivity contribution in [1.82, 2.24) is 9.21 Å². The van der Waals surface area contributed by atoms with Gasteiger partial charge in [0.2, 0.25) is 15.9 Å². The van der Waals surface area contributed by atoms with Gasteiger partial charge in [-0.05, 0) is 97.1 Å². The summed E-state index contributed by atoms with van der Waals surface area (Å²) in [5.74, 6) is 0.126. The van der Waals surface area contributed by atoms with Crippen LogP contribution in [0.5, 0.6) is 11.5 Å². The lowest BCUT2D eigenvalue weighted by molar-refractivity contribution is -0.173. The second-order valence-electron chi connectivity index (χ2n) is 17.4. The molecule has 2 fully saturated rings. The average molecular weight is 769 g/mol. The van der Waals surface area contributed by atoms with Gasteiger partial charge in [-0.25, -0.2) is 13.2 Å². The molecule has 11 heteroatoms. The number of benzene rings is 2. The third-order valence-electron chi connectivity index (χ3n) is 11.3. The Bertz CT molecular complexity index is 1790. The Morgan fingerprint density at radius 1 is 1.06 bits per heavy atom. The van der Waals surface area contributed by atoms with E-state index in [2.05, 4.69) is 61.1 Å². The number of hydrogen-bond acceptors (Lipinski definition) is 7. The predicted octanol–water partition coefficient (Wildman–Crippen LogP) is 8.28. The fourth-order valence-corrected chi connectivity index (χ4v) is 9.46. The molecule has 0 bridgehead atoms. The van der Waals surface area contributed by atoms with Gasteiger partial charge in [0.25, 0.3) is 0 Å².